The first-order valence-corrected chi connectivity index (χ1v) is 9.19. The molecule has 0 spiro atoms. The predicted molar refractivity (Wildman–Crippen MR) is 83.9 cm³/mol. The number of carbonyl (C=O) groups excluding carboxylic acids is 1. The van der Waals surface area contributed by atoms with Crippen LogP contribution in [-0.2, 0) is 19.8 Å². The molecule has 1 N–H and O–H groups in total. The fraction of sp³-hybridized carbons (Fsp3) is 0.429. The molecule has 1 heterocycles. The van der Waals surface area contributed by atoms with Crippen LogP contribution in [-0.4, -0.2) is 42.6 Å². The normalized spacial score (nSPS) is 19.8. The molecule has 6 nitrogen and oxygen atoms in total. The second-order valence-electron chi connectivity index (χ2n) is 5.49. The lowest BCUT2D eigenvalue weighted by Crippen LogP contribution is -2.32. The topological polar surface area (TPSA) is 91.8 Å². The number of hydrogen-bond acceptors (Lipinski definition) is 4. The number of halogens is 2. The number of carboxylic acids is 1. The summed E-state index contributed by atoms with van der Waals surface area (Å²) in [5.41, 5.74) is 0.624. The molecule has 0 bridgehead atoms. The van der Waals surface area contributed by atoms with Crippen molar-refractivity contribution in [2.75, 3.05) is 12.3 Å². The Morgan fingerprint density at radius 3 is 2.74 bits per heavy atom. The van der Waals surface area contributed by atoms with Crippen LogP contribution in [0.4, 0.5) is 3.89 Å². The molecule has 1 amide bonds. The summed E-state index contributed by atoms with van der Waals surface area (Å²) in [4.78, 5) is 24.6. The molecule has 9 heteroatoms. The first kappa shape index (κ1) is 17.9. The lowest BCUT2D eigenvalue weighted by Gasteiger charge is -2.27. The summed E-state index contributed by atoms with van der Waals surface area (Å²) in [6, 6.07) is 6.18. The number of likely N-dealkylation sites (tertiary alicyclic amines) is 1. The van der Waals surface area contributed by atoms with Gasteiger partial charge in [-0.3, -0.25) is 9.59 Å². The van der Waals surface area contributed by atoms with Gasteiger partial charge in [0.1, 0.15) is 0 Å². The van der Waals surface area contributed by atoms with Crippen molar-refractivity contribution in [1.82, 2.24) is 4.90 Å². The Labute approximate surface area is 141 Å². The van der Waals surface area contributed by atoms with Crippen molar-refractivity contribution in [3.63, 3.8) is 0 Å². The molecule has 1 aliphatic rings. The Morgan fingerprint density at radius 1 is 1.48 bits per heavy atom. The van der Waals surface area contributed by atoms with E-state index in [4.69, 9.17) is 5.11 Å². The van der Waals surface area contributed by atoms with E-state index in [1.165, 1.54) is 4.90 Å². The lowest BCUT2D eigenvalue weighted by molar-refractivity contribution is -0.139. The number of hydrogen-bond donors (Lipinski definition) is 1. The Bertz CT molecular complexity index is 724. The third kappa shape index (κ3) is 5.00. The van der Waals surface area contributed by atoms with Crippen LogP contribution in [0.5, 0.6) is 0 Å². The summed E-state index contributed by atoms with van der Waals surface area (Å²) in [5.74, 6) is -2.84. The van der Waals surface area contributed by atoms with Gasteiger partial charge in [-0.1, -0.05) is 28.1 Å². The van der Waals surface area contributed by atoms with Crippen molar-refractivity contribution in [3.05, 3.63) is 34.3 Å². The molecule has 2 rings (SSSR count). The molecule has 0 radical (unpaired) electrons. The standard InChI is InChI=1S/C14H15BrFNO5S/c15-11-3-1-2-10(5-11)12(6-14(19)20)17-7-9(4-13(17)18)8-23(16,21)22/h1-3,5,9,12H,4,6-8H2,(H,19,20). The highest BCUT2D eigenvalue weighted by Crippen LogP contribution is 2.33. The molecular weight excluding hydrogens is 393 g/mol. The van der Waals surface area contributed by atoms with Crippen LogP contribution in [0.2, 0.25) is 0 Å². The Balaban J connectivity index is 2.26. The molecule has 0 aliphatic carbocycles. The van der Waals surface area contributed by atoms with E-state index in [1.54, 1.807) is 24.3 Å². The predicted octanol–water partition coefficient (Wildman–Crippen LogP) is 2.11. The molecule has 1 aromatic rings. The number of aliphatic carboxylic acids is 1. The second kappa shape index (κ2) is 6.96. The smallest absolute Gasteiger partial charge is 0.305 e. The molecule has 23 heavy (non-hydrogen) atoms. The van der Waals surface area contributed by atoms with Gasteiger partial charge in [0, 0.05) is 23.4 Å². The van der Waals surface area contributed by atoms with Crippen LogP contribution >= 0.6 is 15.9 Å². The number of nitrogens with zero attached hydrogens (tertiary/aromatic N) is 1. The molecule has 1 aromatic carbocycles. The van der Waals surface area contributed by atoms with Crippen molar-refractivity contribution >= 4 is 38.0 Å². The summed E-state index contributed by atoms with van der Waals surface area (Å²) < 4.78 is 35.1. The van der Waals surface area contributed by atoms with Gasteiger partial charge in [-0.2, -0.15) is 8.42 Å². The van der Waals surface area contributed by atoms with Crippen molar-refractivity contribution < 1.29 is 27.0 Å². The number of benzene rings is 1. The fourth-order valence-electron chi connectivity index (χ4n) is 2.79. The molecule has 2 unspecified atom stereocenters. The van der Waals surface area contributed by atoms with Crippen LogP contribution in [0.25, 0.3) is 0 Å². The van der Waals surface area contributed by atoms with E-state index in [2.05, 4.69) is 15.9 Å². The number of amides is 1. The van der Waals surface area contributed by atoms with Gasteiger partial charge in [-0.05, 0) is 17.7 Å². The first-order valence-electron chi connectivity index (χ1n) is 6.85. The van der Waals surface area contributed by atoms with Gasteiger partial charge in [0.05, 0.1) is 18.2 Å². The maximum Gasteiger partial charge on any atom is 0.305 e. The van der Waals surface area contributed by atoms with Gasteiger partial charge >= 0.3 is 16.2 Å². The number of carbonyl (C=O) groups is 2. The maximum atomic E-state index is 12.8. The van der Waals surface area contributed by atoms with E-state index in [0.29, 0.717) is 5.56 Å². The van der Waals surface area contributed by atoms with Crippen molar-refractivity contribution in [2.24, 2.45) is 5.92 Å². The molecule has 1 aliphatic heterocycles. The Morgan fingerprint density at radius 2 is 2.17 bits per heavy atom. The van der Waals surface area contributed by atoms with E-state index < -0.39 is 33.9 Å². The van der Waals surface area contributed by atoms with E-state index in [9.17, 15) is 21.9 Å². The molecule has 2 atom stereocenters. The number of rotatable bonds is 6. The average molecular weight is 408 g/mol. The monoisotopic (exact) mass is 407 g/mol. The van der Waals surface area contributed by atoms with Crippen molar-refractivity contribution in [1.29, 1.82) is 0 Å². The molecular formula is C14H15BrFNO5S. The van der Waals surface area contributed by atoms with Crippen molar-refractivity contribution in [3.8, 4) is 0 Å². The fourth-order valence-corrected chi connectivity index (χ4v) is 3.99. The van der Waals surface area contributed by atoms with Gasteiger partial charge in [-0.25, -0.2) is 0 Å². The van der Waals surface area contributed by atoms with Gasteiger partial charge < -0.3 is 10.0 Å². The Hall–Kier alpha value is -1.48. The van der Waals surface area contributed by atoms with E-state index in [0.717, 1.165) is 4.47 Å². The summed E-state index contributed by atoms with van der Waals surface area (Å²) in [6.45, 7) is 0.0203. The Kier molecular flexibility index (Phi) is 5.41. The van der Waals surface area contributed by atoms with Crippen LogP contribution in [0, 0.1) is 5.92 Å². The van der Waals surface area contributed by atoms with Gasteiger partial charge in [0.15, 0.2) is 0 Å². The quantitative estimate of drug-likeness (QED) is 0.729. The van der Waals surface area contributed by atoms with Gasteiger partial charge in [0.2, 0.25) is 5.91 Å². The van der Waals surface area contributed by atoms with Crippen LogP contribution in [0.3, 0.4) is 0 Å². The molecule has 0 saturated carbocycles. The minimum absolute atomic E-state index is 0.0203. The van der Waals surface area contributed by atoms with E-state index in [-0.39, 0.29) is 25.3 Å². The highest BCUT2D eigenvalue weighted by molar-refractivity contribution is 9.10. The minimum Gasteiger partial charge on any atom is -0.481 e. The van der Waals surface area contributed by atoms with Gasteiger partial charge in [-0.15, -0.1) is 3.89 Å². The third-order valence-corrected chi connectivity index (χ3v) is 5.01. The van der Waals surface area contributed by atoms with Crippen LogP contribution in [0.1, 0.15) is 24.4 Å². The minimum atomic E-state index is -4.68. The third-order valence-electron chi connectivity index (χ3n) is 3.65. The SMILES string of the molecule is O=C(O)CC(c1cccc(Br)c1)N1CC(CS(=O)(=O)F)CC1=O. The number of carboxylic acid groups (broad SMARTS) is 1. The van der Waals surface area contributed by atoms with Crippen LogP contribution in [0.15, 0.2) is 28.7 Å². The van der Waals surface area contributed by atoms with Crippen LogP contribution < -0.4 is 0 Å². The summed E-state index contributed by atoms with van der Waals surface area (Å²) >= 11 is 3.29. The zero-order valence-corrected chi connectivity index (χ0v) is 14.4. The highest BCUT2D eigenvalue weighted by atomic mass is 79.9. The zero-order valence-electron chi connectivity index (χ0n) is 12.0. The summed E-state index contributed by atoms with van der Waals surface area (Å²) in [5, 5.41) is 9.11. The highest BCUT2D eigenvalue weighted by Gasteiger charge is 2.37. The first-order chi connectivity index (χ1) is 10.7. The molecule has 126 valence electrons. The van der Waals surface area contributed by atoms with E-state index in [1.807, 2.05) is 0 Å². The lowest BCUT2D eigenvalue weighted by atomic mass is 10.0. The van der Waals surface area contributed by atoms with Crippen molar-refractivity contribution in [2.45, 2.75) is 18.9 Å². The zero-order chi connectivity index (χ0) is 17.2. The molecule has 0 aromatic heterocycles. The van der Waals surface area contributed by atoms with Gasteiger partial charge in [0.25, 0.3) is 0 Å². The van der Waals surface area contributed by atoms with E-state index >= 15 is 0 Å². The largest absolute Gasteiger partial charge is 0.481 e. The molecule has 1 fully saturated rings. The second-order valence-corrected chi connectivity index (χ2v) is 7.82. The maximum absolute atomic E-state index is 12.8. The average Bonchev–Trinajstić information content (AvgIpc) is 2.74. The summed E-state index contributed by atoms with van der Waals surface area (Å²) in [7, 11) is -4.68. The molecule has 1 saturated heterocycles. The summed E-state index contributed by atoms with van der Waals surface area (Å²) in [6.07, 6.45) is -0.412.